The Hall–Kier alpha value is -7.02. The summed E-state index contributed by atoms with van der Waals surface area (Å²) in [7, 11) is 0. The lowest BCUT2D eigenvalue weighted by Gasteiger charge is -2.48. The Balaban J connectivity index is -0.000000305. The van der Waals surface area contributed by atoms with E-state index in [2.05, 4.69) is 195 Å². The number of hydrogen-bond donors (Lipinski definition) is 0. The molecular weight excluding hydrogens is 1680 g/mol. The van der Waals surface area contributed by atoms with Gasteiger partial charge in [0.1, 0.15) is 0 Å². The van der Waals surface area contributed by atoms with Gasteiger partial charge in [-0.15, -0.1) is 0 Å². The van der Waals surface area contributed by atoms with Crippen LogP contribution < -0.4 is 0 Å². The van der Waals surface area contributed by atoms with Gasteiger partial charge in [-0.1, -0.05) is 600 Å². The molecular formula is C140H240. The standard InChI is InChI=1S/C29H26.C29H28.C28H24.27C2H6/c1-2-8-21-17(6-1)14-19-12-13-23-22-9-3-4-10-26(22)29-20(15-18-7-5-11-25(18)29)16-24(21)27(19)28(23)29;1-18-8-2-3-10-21(18)25-17-20-16-19-9-6-15-26(19)29(20)27-14-5-4-11-22(27)23-12-7-13-24(25)28(23)29;1-2-8-19-18(7-1)21-12-13-22-20-9-3-4-10-25(20)28-17(14-16-6-5-11-24(16)28)15-23(19)26(21)27(22)28;27*1-2/h1-4,6,8-10,12-13,18,20,24-25H,5,7,11,14-16H2;2-5,7-8,10-14,19-20,25-26H,6,9,15-17H2,1H3;1-4,7-10,12-13,16-17,23-24H,5-6,11,14-15H2;27*1-2H3/t18?,20-,24?,25?,29-;19?,20-,25?,26?,29-;16?,17-,23?,24?,28-;;;;;;;;;;;;;;;;;;;;;;;;;;;/m111.........................../s1. The molecule has 23 rings (SSSR count). The van der Waals surface area contributed by atoms with Crippen LogP contribution in [-0.4, -0.2) is 0 Å². The summed E-state index contributed by atoms with van der Waals surface area (Å²) in [5.74, 6) is 9.68. The Labute approximate surface area is 880 Å². The molecule has 0 heteroatoms. The van der Waals surface area contributed by atoms with Crippen molar-refractivity contribution in [3.63, 3.8) is 0 Å². The Kier molecular flexibility index (Phi) is 88.9. The molecule has 0 bridgehead atoms. The maximum absolute atomic E-state index is 2.51. The quantitative estimate of drug-likeness (QED) is 0.154. The molecule has 3 spiro atoms. The molecule has 15 atom stereocenters. The SMILES string of the molecule is CC.CC.CC.CC.CC.CC.CC.CC.CC.CC.CC.CC.CC.CC.CC.CC.CC.CC.CC.CC.CC.CC.CC.CC.CC.CC.CC.Cc1ccccc1C1C[C@H]2CC3CCCC3[C@@]23c2ccccc2-c2cccc1c23.c1ccc2c(c1)-c1ccc3c4c1C2C[C@H]1CC2CCCC2[C@]41c1ccccc1-3.c1ccc2c(c1)Cc1ccc3c4c1C2C[C@H]1CC2CCCC2[C@]41c1ccccc1-3. The van der Waals surface area contributed by atoms with E-state index in [9.17, 15) is 0 Å². The van der Waals surface area contributed by atoms with E-state index in [1.165, 1.54) is 113 Å². The molecule has 0 amide bonds. The molecule has 6 fully saturated rings. The number of aryl methyl sites for hydroxylation is 1. The largest absolute Gasteiger partial charge is 0.0683 e. The second kappa shape index (κ2) is 85.2. The predicted molar refractivity (Wildman–Crippen MR) is 656 cm³/mol. The lowest BCUT2D eigenvalue weighted by Crippen LogP contribution is -2.42. The van der Waals surface area contributed by atoms with Crippen LogP contribution in [0.5, 0.6) is 0 Å². The first-order chi connectivity index (χ1) is 69.6. The van der Waals surface area contributed by atoms with Crippen LogP contribution in [0.4, 0.5) is 0 Å². The molecule has 0 radical (unpaired) electrons. The first kappa shape index (κ1) is 146. The summed E-state index contributed by atoms with van der Waals surface area (Å²) >= 11 is 0. The molecule has 800 valence electrons. The monoisotopic (exact) mass is 1920 g/mol. The summed E-state index contributed by atoms with van der Waals surface area (Å²) in [5.41, 5.74) is 38.3. The highest BCUT2D eigenvalue weighted by Gasteiger charge is 2.68. The van der Waals surface area contributed by atoms with Crippen LogP contribution in [0.25, 0.3) is 44.5 Å². The van der Waals surface area contributed by atoms with E-state index >= 15 is 0 Å². The Morgan fingerprint density at radius 1 is 0.186 bits per heavy atom. The Morgan fingerprint density at radius 2 is 0.450 bits per heavy atom. The van der Waals surface area contributed by atoms with Crippen molar-refractivity contribution in [3.05, 3.63) is 272 Å². The van der Waals surface area contributed by atoms with Crippen molar-refractivity contribution in [2.24, 2.45) is 53.3 Å². The fraction of sp³-hybridized carbons (Fsp3) is 0.614. The summed E-state index contributed by atoms with van der Waals surface area (Å²) in [4.78, 5) is 0. The second-order valence-electron chi connectivity index (χ2n) is 30.4. The van der Waals surface area contributed by atoms with Crippen LogP contribution >= 0.6 is 0 Å². The molecule has 0 saturated heterocycles. The molecule has 14 aliphatic rings. The molecule has 6 saturated carbocycles. The van der Waals surface area contributed by atoms with Crippen LogP contribution in [-0.2, 0) is 22.7 Å². The minimum atomic E-state index is 0.295. The van der Waals surface area contributed by atoms with Gasteiger partial charge in [0.15, 0.2) is 0 Å². The van der Waals surface area contributed by atoms with E-state index in [0.717, 1.165) is 59.7 Å². The van der Waals surface area contributed by atoms with Gasteiger partial charge in [-0.2, -0.15) is 0 Å². The molecule has 9 aromatic carbocycles. The van der Waals surface area contributed by atoms with Gasteiger partial charge in [-0.05, 0) is 252 Å². The van der Waals surface area contributed by atoms with Crippen molar-refractivity contribution in [1.82, 2.24) is 0 Å². The molecule has 14 aliphatic carbocycles. The summed E-state index contributed by atoms with van der Waals surface area (Å²) < 4.78 is 0. The summed E-state index contributed by atoms with van der Waals surface area (Å²) in [6.45, 7) is 110. The third-order valence-electron chi connectivity index (χ3n) is 28.0. The van der Waals surface area contributed by atoms with Crippen LogP contribution in [0.2, 0.25) is 0 Å². The van der Waals surface area contributed by atoms with Gasteiger partial charge in [0, 0.05) is 34.0 Å². The van der Waals surface area contributed by atoms with Crippen LogP contribution in [0.1, 0.15) is 571 Å². The van der Waals surface area contributed by atoms with E-state index in [1.54, 1.807) is 111 Å². The van der Waals surface area contributed by atoms with E-state index in [1.807, 2.05) is 374 Å². The highest BCUT2D eigenvalue weighted by atomic mass is 14.7. The molecule has 0 N–H and O–H groups in total. The van der Waals surface area contributed by atoms with E-state index in [4.69, 9.17) is 0 Å². The van der Waals surface area contributed by atoms with Gasteiger partial charge in [0.2, 0.25) is 0 Å². The predicted octanol–water partition coefficient (Wildman–Crippen LogP) is 48.7. The molecule has 0 nitrogen and oxygen atoms in total. The topological polar surface area (TPSA) is 0 Å². The van der Waals surface area contributed by atoms with Crippen molar-refractivity contribution in [2.45, 2.75) is 518 Å². The Morgan fingerprint density at radius 3 is 0.821 bits per heavy atom. The number of fused-ring (bicyclic) bond motifs is 14. The molecule has 140 heavy (non-hydrogen) atoms. The van der Waals surface area contributed by atoms with Crippen molar-refractivity contribution in [3.8, 4) is 44.5 Å². The maximum atomic E-state index is 2.51. The van der Waals surface area contributed by atoms with Crippen LogP contribution in [0.15, 0.2) is 188 Å². The zero-order valence-electron chi connectivity index (χ0n) is 104. The first-order valence-corrected chi connectivity index (χ1v) is 61.5. The molecule has 0 aliphatic heterocycles. The molecule has 9 unspecified atom stereocenters. The second-order valence-corrected chi connectivity index (χ2v) is 30.4. The van der Waals surface area contributed by atoms with Gasteiger partial charge < -0.3 is 0 Å². The van der Waals surface area contributed by atoms with Gasteiger partial charge in [0.25, 0.3) is 0 Å². The van der Waals surface area contributed by atoms with Crippen molar-refractivity contribution in [1.29, 1.82) is 0 Å². The minimum Gasteiger partial charge on any atom is -0.0683 e. The zero-order valence-corrected chi connectivity index (χ0v) is 104. The number of benzene rings is 9. The number of hydrogen-bond acceptors (Lipinski definition) is 0. The highest BCUT2D eigenvalue weighted by molar-refractivity contribution is 5.92. The summed E-state index contributed by atoms with van der Waals surface area (Å²) in [6.07, 6.45) is 22.6. The summed E-state index contributed by atoms with van der Waals surface area (Å²) in [5, 5.41) is 0. The number of rotatable bonds is 1. The van der Waals surface area contributed by atoms with Crippen molar-refractivity contribution < 1.29 is 0 Å². The third-order valence-corrected chi connectivity index (χ3v) is 28.0. The van der Waals surface area contributed by atoms with Gasteiger partial charge >= 0.3 is 0 Å². The minimum absolute atomic E-state index is 0.295. The highest BCUT2D eigenvalue weighted by Crippen LogP contribution is 2.77. The van der Waals surface area contributed by atoms with Gasteiger partial charge in [0.05, 0.1) is 0 Å². The van der Waals surface area contributed by atoms with Gasteiger partial charge in [-0.25, -0.2) is 0 Å². The molecule has 0 heterocycles. The first-order valence-electron chi connectivity index (χ1n) is 61.5. The molecule has 0 aromatic heterocycles. The third kappa shape index (κ3) is 28.8. The normalized spacial score (nSPS) is 22.0. The van der Waals surface area contributed by atoms with E-state index in [-0.39, 0.29) is 0 Å². The van der Waals surface area contributed by atoms with Crippen LogP contribution in [0.3, 0.4) is 0 Å². The average Bonchev–Trinajstić information content (AvgIpc) is 1.50. The Bertz CT molecular complexity index is 4400. The van der Waals surface area contributed by atoms with E-state index < -0.39 is 0 Å². The van der Waals surface area contributed by atoms with E-state index in [0.29, 0.717) is 34.0 Å². The lowest BCUT2D eigenvalue weighted by molar-refractivity contribution is 0.254. The average molecular weight is 1920 g/mol. The fourth-order valence-corrected chi connectivity index (χ4v) is 25.9. The molecule has 9 aromatic rings. The fourth-order valence-electron chi connectivity index (χ4n) is 25.9. The lowest BCUT2D eigenvalue weighted by atomic mass is 9.55. The zero-order chi connectivity index (χ0) is 110. The smallest absolute Gasteiger partial charge is 0.0277 e. The van der Waals surface area contributed by atoms with Crippen molar-refractivity contribution >= 4 is 0 Å². The van der Waals surface area contributed by atoms with Gasteiger partial charge in [-0.3, -0.25) is 0 Å². The van der Waals surface area contributed by atoms with Crippen molar-refractivity contribution in [2.75, 3.05) is 0 Å². The summed E-state index contributed by atoms with van der Waals surface area (Å²) in [6, 6.07) is 73.3. The maximum Gasteiger partial charge on any atom is 0.0277 e. The van der Waals surface area contributed by atoms with Crippen LogP contribution in [0, 0.1) is 60.2 Å².